The highest BCUT2D eigenvalue weighted by Gasteiger charge is 2.30. The molecule has 130 valence electrons. The molecule has 0 spiro atoms. The van der Waals surface area contributed by atoms with E-state index in [9.17, 15) is 13.6 Å². The summed E-state index contributed by atoms with van der Waals surface area (Å²) in [5, 5.41) is 2.69. The van der Waals surface area contributed by atoms with Crippen LogP contribution in [0.25, 0.3) is 22.5 Å². The van der Waals surface area contributed by atoms with Crippen LogP contribution in [0.2, 0.25) is 0 Å². The zero-order valence-electron chi connectivity index (χ0n) is 13.5. The summed E-state index contributed by atoms with van der Waals surface area (Å²) < 4.78 is 28.4. The molecule has 26 heavy (non-hydrogen) atoms. The summed E-state index contributed by atoms with van der Waals surface area (Å²) in [6.07, 6.45) is 7.90. The van der Waals surface area contributed by atoms with E-state index in [2.05, 4.69) is 25.3 Å². The number of aromatic nitrogens is 4. The first kappa shape index (κ1) is 16.2. The molecule has 0 saturated heterocycles. The zero-order valence-corrected chi connectivity index (χ0v) is 13.5. The number of halogens is 2. The van der Waals surface area contributed by atoms with Crippen LogP contribution in [0, 0.1) is 17.6 Å². The highest BCUT2D eigenvalue weighted by atomic mass is 19.1. The third kappa shape index (κ3) is 3.13. The molecular formula is C18H13F2N5O. The van der Waals surface area contributed by atoms with Crippen molar-refractivity contribution in [3.05, 3.63) is 54.8 Å². The van der Waals surface area contributed by atoms with E-state index in [0.717, 1.165) is 25.2 Å². The lowest BCUT2D eigenvalue weighted by Gasteiger charge is -2.12. The number of anilines is 1. The molecule has 6 nitrogen and oxygen atoms in total. The second kappa shape index (κ2) is 6.55. The van der Waals surface area contributed by atoms with Crippen LogP contribution in [0.15, 0.2) is 43.1 Å². The molecule has 8 heteroatoms. The quantitative estimate of drug-likeness (QED) is 0.779. The van der Waals surface area contributed by atoms with Gasteiger partial charge in [0.05, 0.1) is 29.8 Å². The molecule has 1 N–H and O–H groups in total. The van der Waals surface area contributed by atoms with Crippen LogP contribution in [0.1, 0.15) is 12.8 Å². The normalized spacial score (nSPS) is 13.5. The molecule has 1 aliphatic rings. The second-order valence-corrected chi connectivity index (χ2v) is 5.93. The van der Waals surface area contributed by atoms with E-state index in [1.165, 1.54) is 18.6 Å². The molecule has 1 fully saturated rings. The van der Waals surface area contributed by atoms with E-state index in [4.69, 9.17) is 0 Å². The van der Waals surface area contributed by atoms with Gasteiger partial charge in [0.25, 0.3) is 0 Å². The summed E-state index contributed by atoms with van der Waals surface area (Å²) in [4.78, 5) is 27.9. The summed E-state index contributed by atoms with van der Waals surface area (Å²) in [5.41, 5.74) is 0.517. The Hall–Kier alpha value is -3.29. The Bertz CT molecular complexity index is 956. The maximum atomic E-state index is 14.2. The molecule has 3 heterocycles. The van der Waals surface area contributed by atoms with E-state index in [1.54, 1.807) is 12.1 Å². The Kier molecular flexibility index (Phi) is 4.08. The van der Waals surface area contributed by atoms with Crippen molar-refractivity contribution in [1.29, 1.82) is 0 Å². The standard InChI is InChI=1S/C18H13F2N5O/c19-12-7-22-8-13(20)15(12)17-16(10-3-5-21-6-4-10)24-14(9-23-17)25-18(26)11-1-2-11/h3-9,11H,1-2H2,(H,24,25,26). The number of carbonyl (C=O) groups is 1. The summed E-state index contributed by atoms with van der Waals surface area (Å²) in [7, 11) is 0. The van der Waals surface area contributed by atoms with Gasteiger partial charge in [-0.3, -0.25) is 14.8 Å². The van der Waals surface area contributed by atoms with E-state index in [0.29, 0.717) is 5.56 Å². The molecule has 0 unspecified atom stereocenters. The molecule has 0 radical (unpaired) electrons. The van der Waals surface area contributed by atoms with Crippen molar-refractivity contribution in [2.45, 2.75) is 12.8 Å². The number of carbonyl (C=O) groups excluding carboxylic acids is 1. The maximum absolute atomic E-state index is 14.2. The lowest BCUT2D eigenvalue weighted by Crippen LogP contribution is -2.15. The Labute approximate surface area is 147 Å². The fourth-order valence-electron chi connectivity index (χ4n) is 2.55. The topological polar surface area (TPSA) is 80.7 Å². The van der Waals surface area contributed by atoms with Gasteiger partial charge < -0.3 is 5.32 Å². The van der Waals surface area contributed by atoms with E-state index in [-0.39, 0.29) is 34.6 Å². The first-order valence-corrected chi connectivity index (χ1v) is 8.01. The van der Waals surface area contributed by atoms with Crippen molar-refractivity contribution in [3.63, 3.8) is 0 Å². The number of hydrogen-bond acceptors (Lipinski definition) is 5. The molecule has 0 bridgehead atoms. The van der Waals surface area contributed by atoms with Gasteiger partial charge in [-0.25, -0.2) is 18.7 Å². The summed E-state index contributed by atoms with van der Waals surface area (Å²) in [6.45, 7) is 0. The molecule has 1 saturated carbocycles. The van der Waals surface area contributed by atoms with Crippen LogP contribution in [-0.4, -0.2) is 25.8 Å². The Morgan fingerprint density at radius 2 is 1.69 bits per heavy atom. The van der Waals surface area contributed by atoms with Crippen molar-refractivity contribution >= 4 is 11.7 Å². The van der Waals surface area contributed by atoms with Gasteiger partial charge >= 0.3 is 0 Å². The van der Waals surface area contributed by atoms with Crippen LogP contribution >= 0.6 is 0 Å². The Morgan fingerprint density at radius 1 is 1.00 bits per heavy atom. The van der Waals surface area contributed by atoms with Gasteiger partial charge in [0.2, 0.25) is 5.91 Å². The molecule has 3 aromatic heterocycles. The van der Waals surface area contributed by atoms with E-state index >= 15 is 0 Å². The molecule has 4 rings (SSSR count). The predicted molar refractivity (Wildman–Crippen MR) is 89.8 cm³/mol. The van der Waals surface area contributed by atoms with Crippen molar-refractivity contribution in [1.82, 2.24) is 19.9 Å². The Morgan fingerprint density at radius 3 is 2.35 bits per heavy atom. The number of rotatable bonds is 4. The number of amides is 1. The maximum Gasteiger partial charge on any atom is 0.228 e. The second-order valence-electron chi connectivity index (χ2n) is 5.93. The van der Waals surface area contributed by atoms with Crippen molar-refractivity contribution < 1.29 is 13.6 Å². The fraction of sp³-hybridized carbons (Fsp3) is 0.167. The number of nitrogens with zero attached hydrogens (tertiary/aromatic N) is 4. The van der Waals surface area contributed by atoms with Crippen LogP contribution in [0.3, 0.4) is 0 Å². The lowest BCUT2D eigenvalue weighted by molar-refractivity contribution is -0.117. The average Bonchev–Trinajstić information content (AvgIpc) is 3.48. The van der Waals surface area contributed by atoms with Gasteiger partial charge in [0, 0.05) is 23.9 Å². The minimum Gasteiger partial charge on any atom is -0.309 e. The minimum atomic E-state index is -0.843. The zero-order chi connectivity index (χ0) is 18.1. The number of hydrogen-bond donors (Lipinski definition) is 1. The van der Waals surface area contributed by atoms with Gasteiger partial charge in [-0.05, 0) is 25.0 Å². The molecule has 1 aliphatic carbocycles. The molecule has 0 aliphatic heterocycles. The largest absolute Gasteiger partial charge is 0.309 e. The Balaban J connectivity index is 1.84. The molecular weight excluding hydrogens is 340 g/mol. The lowest BCUT2D eigenvalue weighted by atomic mass is 10.1. The van der Waals surface area contributed by atoms with Gasteiger partial charge in [0.15, 0.2) is 17.5 Å². The highest BCUT2D eigenvalue weighted by molar-refractivity contribution is 5.93. The van der Waals surface area contributed by atoms with E-state index in [1.807, 2.05) is 0 Å². The van der Waals surface area contributed by atoms with Gasteiger partial charge in [-0.1, -0.05) is 0 Å². The number of pyridine rings is 2. The van der Waals surface area contributed by atoms with Crippen LogP contribution in [-0.2, 0) is 4.79 Å². The summed E-state index contributed by atoms with van der Waals surface area (Å²) in [5.74, 6) is -1.59. The molecule has 0 aromatic carbocycles. The average molecular weight is 353 g/mol. The van der Waals surface area contributed by atoms with Crippen molar-refractivity contribution in [3.8, 4) is 22.5 Å². The third-order valence-electron chi connectivity index (χ3n) is 4.02. The van der Waals surface area contributed by atoms with Gasteiger partial charge in [0.1, 0.15) is 5.69 Å². The van der Waals surface area contributed by atoms with Gasteiger partial charge in [-0.15, -0.1) is 0 Å². The first-order chi connectivity index (χ1) is 12.6. The highest BCUT2D eigenvalue weighted by Crippen LogP contribution is 2.33. The summed E-state index contributed by atoms with van der Waals surface area (Å²) in [6, 6.07) is 3.30. The monoisotopic (exact) mass is 353 g/mol. The predicted octanol–water partition coefficient (Wildman–Crippen LogP) is 3.23. The van der Waals surface area contributed by atoms with Crippen molar-refractivity contribution in [2.75, 3.05) is 5.32 Å². The first-order valence-electron chi connectivity index (χ1n) is 8.01. The fourth-order valence-corrected chi connectivity index (χ4v) is 2.55. The smallest absolute Gasteiger partial charge is 0.228 e. The molecule has 1 amide bonds. The molecule has 3 aromatic rings. The van der Waals surface area contributed by atoms with E-state index < -0.39 is 11.6 Å². The van der Waals surface area contributed by atoms with Crippen LogP contribution < -0.4 is 5.32 Å². The third-order valence-corrected chi connectivity index (χ3v) is 4.02. The van der Waals surface area contributed by atoms with Crippen molar-refractivity contribution in [2.24, 2.45) is 5.92 Å². The summed E-state index contributed by atoms with van der Waals surface area (Å²) >= 11 is 0. The number of nitrogens with one attached hydrogen (secondary N) is 1. The SMILES string of the molecule is O=C(Nc1cnc(-c2c(F)cncc2F)c(-c2ccncc2)n1)C1CC1. The van der Waals surface area contributed by atoms with Crippen LogP contribution in [0.4, 0.5) is 14.6 Å². The van der Waals surface area contributed by atoms with Crippen LogP contribution in [0.5, 0.6) is 0 Å². The van der Waals surface area contributed by atoms with Gasteiger partial charge in [-0.2, -0.15) is 0 Å². The molecule has 0 atom stereocenters. The minimum absolute atomic E-state index is 0.00376.